The number of nitrogens with one attached hydrogen (secondary N) is 1. The van der Waals surface area contributed by atoms with Crippen molar-refractivity contribution < 1.29 is 4.79 Å². The molecule has 1 saturated heterocycles. The van der Waals surface area contributed by atoms with Crippen molar-refractivity contribution in [1.82, 2.24) is 5.32 Å². The van der Waals surface area contributed by atoms with Gasteiger partial charge >= 0.3 is 0 Å². The van der Waals surface area contributed by atoms with Crippen LogP contribution in [0.15, 0.2) is 0 Å². The molecule has 3 N–H and O–H groups in total. The summed E-state index contributed by atoms with van der Waals surface area (Å²) in [6.45, 7) is 0. The van der Waals surface area contributed by atoms with Gasteiger partial charge < -0.3 is 11.1 Å². The summed E-state index contributed by atoms with van der Waals surface area (Å²) in [5, 5.41) is 3.12. The predicted molar refractivity (Wildman–Crippen MR) is 71.6 cm³/mol. The van der Waals surface area contributed by atoms with Gasteiger partial charge in [0.15, 0.2) is 0 Å². The second-order valence-electron chi connectivity index (χ2n) is 4.69. The van der Waals surface area contributed by atoms with E-state index in [1.54, 1.807) is 0 Å². The van der Waals surface area contributed by atoms with Crippen LogP contribution in [0, 0.1) is 5.41 Å². The van der Waals surface area contributed by atoms with E-state index in [2.05, 4.69) is 5.32 Å². The molecule has 1 aliphatic carbocycles. The highest BCUT2D eigenvalue weighted by atomic mass is 32.2. The van der Waals surface area contributed by atoms with Gasteiger partial charge in [0.05, 0.1) is 10.4 Å². The standard InChI is InChI=1S/C11H18N2OS2/c12-9(15)11(4-2-5-11)10(14)13-8-3-1-6-16-7-8/h8H,1-7H2,(H2,12,15)(H,13,14). The number of carbonyl (C=O) groups is 1. The molecule has 5 heteroatoms. The minimum atomic E-state index is -0.516. The molecule has 2 rings (SSSR count). The predicted octanol–water partition coefficient (Wildman–Crippen LogP) is 1.45. The van der Waals surface area contributed by atoms with E-state index in [1.165, 1.54) is 12.2 Å². The average molecular weight is 258 g/mol. The first-order chi connectivity index (χ1) is 7.65. The van der Waals surface area contributed by atoms with Gasteiger partial charge in [0.1, 0.15) is 0 Å². The molecule has 1 unspecified atom stereocenters. The quantitative estimate of drug-likeness (QED) is 0.753. The lowest BCUT2D eigenvalue weighted by atomic mass is 9.68. The summed E-state index contributed by atoms with van der Waals surface area (Å²) in [6, 6.07) is 0.318. The molecule has 1 aliphatic heterocycles. The molecule has 1 heterocycles. The lowest BCUT2D eigenvalue weighted by molar-refractivity contribution is -0.131. The average Bonchev–Trinajstić information content (AvgIpc) is 2.16. The maximum Gasteiger partial charge on any atom is 0.233 e. The van der Waals surface area contributed by atoms with Crippen molar-refractivity contribution in [2.75, 3.05) is 11.5 Å². The normalized spacial score (nSPS) is 27.9. The van der Waals surface area contributed by atoms with Crippen molar-refractivity contribution in [3.05, 3.63) is 0 Å². The van der Waals surface area contributed by atoms with Crippen LogP contribution in [0.3, 0.4) is 0 Å². The van der Waals surface area contributed by atoms with Gasteiger partial charge in [0, 0.05) is 11.8 Å². The zero-order valence-electron chi connectivity index (χ0n) is 9.33. The molecule has 0 aromatic carbocycles. The number of amides is 1. The molecule has 3 nitrogen and oxygen atoms in total. The largest absolute Gasteiger partial charge is 0.392 e. The maximum absolute atomic E-state index is 12.2. The molecule has 1 amide bonds. The van der Waals surface area contributed by atoms with Gasteiger partial charge in [-0.15, -0.1) is 0 Å². The van der Waals surface area contributed by atoms with Gasteiger partial charge in [-0.3, -0.25) is 4.79 Å². The SMILES string of the molecule is NC(=S)C1(C(=O)NC2CCCSC2)CCC1. The lowest BCUT2D eigenvalue weighted by Gasteiger charge is -2.40. The Hall–Kier alpha value is -0.290. The Morgan fingerprint density at radius 1 is 1.44 bits per heavy atom. The van der Waals surface area contributed by atoms with Gasteiger partial charge in [-0.25, -0.2) is 0 Å². The van der Waals surface area contributed by atoms with Crippen LogP contribution in [0.25, 0.3) is 0 Å². The number of hydrogen-bond donors (Lipinski definition) is 2. The smallest absolute Gasteiger partial charge is 0.233 e. The van der Waals surface area contributed by atoms with Crippen LogP contribution < -0.4 is 11.1 Å². The lowest BCUT2D eigenvalue weighted by Crippen LogP contribution is -2.55. The van der Waals surface area contributed by atoms with Gasteiger partial charge in [-0.05, 0) is 31.4 Å². The molecule has 2 fully saturated rings. The number of thioether (sulfide) groups is 1. The van der Waals surface area contributed by atoms with Crippen LogP contribution >= 0.6 is 24.0 Å². The summed E-state index contributed by atoms with van der Waals surface area (Å²) < 4.78 is 0. The van der Waals surface area contributed by atoms with E-state index in [1.807, 2.05) is 11.8 Å². The summed E-state index contributed by atoms with van der Waals surface area (Å²) in [6.07, 6.45) is 4.99. The molecule has 0 radical (unpaired) electrons. The zero-order valence-corrected chi connectivity index (χ0v) is 11.0. The Bertz CT molecular complexity index is 296. The van der Waals surface area contributed by atoms with Crippen molar-refractivity contribution in [2.45, 2.75) is 38.1 Å². The second kappa shape index (κ2) is 4.92. The highest BCUT2D eigenvalue weighted by Gasteiger charge is 2.47. The van der Waals surface area contributed by atoms with Crippen LogP contribution in [0.1, 0.15) is 32.1 Å². The van der Waals surface area contributed by atoms with E-state index in [9.17, 15) is 4.79 Å². The molecule has 0 bridgehead atoms. The van der Waals surface area contributed by atoms with E-state index >= 15 is 0 Å². The molecule has 90 valence electrons. The number of nitrogens with two attached hydrogens (primary N) is 1. The molecule has 1 saturated carbocycles. The minimum Gasteiger partial charge on any atom is -0.392 e. The molecule has 16 heavy (non-hydrogen) atoms. The summed E-state index contributed by atoms with van der Waals surface area (Å²) in [5.41, 5.74) is 5.19. The van der Waals surface area contributed by atoms with Gasteiger partial charge in [0.25, 0.3) is 0 Å². The Morgan fingerprint density at radius 2 is 2.19 bits per heavy atom. The number of thiocarbonyl (C=S) groups is 1. The van der Waals surface area contributed by atoms with Gasteiger partial charge in [-0.2, -0.15) is 11.8 Å². The first-order valence-corrected chi connectivity index (χ1v) is 7.40. The molecular formula is C11H18N2OS2. The van der Waals surface area contributed by atoms with E-state index in [-0.39, 0.29) is 5.91 Å². The Balaban J connectivity index is 1.93. The Morgan fingerprint density at radius 3 is 2.62 bits per heavy atom. The van der Waals surface area contributed by atoms with Crippen molar-refractivity contribution in [1.29, 1.82) is 0 Å². The number of hydrogen-bond acceptors (Lipinski definition) is 3. The van der Waals surface area contributed by atoms with E-state index in [0.717, 1.165) is 31.4 Å². The fraction of sp³-hybridized carbons (Fsp3) is 0.818. The molecule has 0 spiro atoms. The van der Waals surface area contributed by atoms with E-state index in [0.29, 0.717) is 11.0 Å². The molecule has 1 atom stereocenters. The van der Waals surface area contributed by atoms with Crippen LogP contribution in [0.5, 0.6) is 0 Å². The van der Waals surface area contributed by atoms with E-state index < -0.39 is 5.41 Å². The summed E-state index contributed by atoms with van der Waals surface area (Å²) in [5.74, 6) is 2.31. The number of rotatable bonds is 3. The molecule has 0 aromatic rings. The first kappa shape index (κ1) is 12.2. The van der Waals surface area contributed by atoms with Crippen LogP contribution in [-0.4, -0.2) is 28.4 Å². The first-order valence-electron chi connectivity index (χ1n) is 5.84. The zero-order chi connectivity index (χ0) is 11.6. The monoisotopic (exact) mass is 258 g/mol. The summed E-state index contributed by atoms with van der Waals surface area (Å²) in [4.78, 5) is 12.5. The van der Waals surface area contributed by atoms with Crippen molar-refractivity contribution in [3.63, 3.8) is 0 Å². The van der Waals surface area contributed by atoms with Gasteiger partial charge in [-0.1, -0.05) is 18.6 Å². The summed E-state index contributed by atoms with van der Waals surface area (Å²) >= 11 is 6.95. The Kier molecular flexibility index (Phi) is 3.74. The van der Waals surface area contributed by atoms with E-state index in [4.69, 9.17) is 18.0 Å². The topological polar surface area (TPSA) is 55.1 Å². The Labute approximate surface area is 106 Å². The van der Waals surface area contributed by atoms with Crippen LogP contribution in [0.2, 0.25) is 0 Å². The highest BCUT2D eigenvalue weighted by molar-refractivity contribution is 7.99. The molecule has 0 aromatic heterocycles. The minimum absolute atomic E-state index is 0.0683. The molecular weight excluding hydrogens is 240 g/mol. The van der Waals surface area contributed by atoms with Crippen LogP contribution in [0.4, 0.5) is 0 Å². The fourth-order valence-corrected chi connectivity index (χ4v) is 3.66. The van der Waals surface area contributed by atoms with Gasteiger partial charge in [0.2, 0.25) is 5.91 Å². The fourth-order valence-electron chi connectivity index (χ4n) is 2.29. The van der Waals surface area contributed by atoms with Crippen molar-refractivity contribution >= 4 is 34.9 Å². The third-order valence-corrected chi connectivity index (χ3v) is 5.22. The summed E-state index contributed by atoms with van der Waals surface area (Å²) in [7, 11) is 0. The van der Waals surface area contributed by atoms with Crippen molar-refractivity contribution in [3.8, 4) is 0 Å². The third kappa shape index (κ3) is 2.20. The molecule has 2 aliphatic rings. The van der Waals surface area contributed by atoms with Crippen molar-refractivity contribution in [2.24, 2.45) is 11.1 Å². The number of carbonyl (C=O) groups excluding carboxylic acids is 1. The highest BCUT2D eigenvalue weighted by Crippen LogP contribution is 2.41. The maximum atomic E-state index is 12.2. The third-order valence-electron chi connectivity index (χ3n) is 3.61. The second-order valence-corrected chi connectivity index (χ2v) is 6.28. The van der Waals surface area contributed by atoms with Crippen LogP contribution in [-0.2, 0) is 4.79 Å².